The predicted octanol–water partition coefficient (Wildman–Crippen LogP) is 3.99. The van der Waals surface area contributed by atoms with E-state index in [9.17, 15) is 14.4 Å². The third-order valence-corrected chi connectivity index (χ3v) is 7.35. The second-order valence-electron chi connectivity index (χ2n) is 8.35. The molecule has 8 nitrogen and oxygen atoms in total. The van der Waals surface area contributed by atoms with Crippen LogP contribution in [0.3, 0.4) is 0 Å². The molecule has 0 unspecified atom stereocenters. The smallest absolute Gasteiger partial charge is 0.293 e. The van der Waals surface area contributed by atoms with E-state index in [-0.39, 0.29) is 29.1 Å². The van der Waals surface area contributed by atoms with E-state index in [1.54, 1.807) is 18.2 Å². The summed E-state index contributed by atoms with van der Waals surface area (Å²) in [6.07, 6.45) is 4.20. The Morgan fingerprint density at radius 2 is 1.71 bits per heavy atom. The normalized spacial score (nSPS) is 17.8. The molecule has 0 radical (unpaired) electrons. The molecule has 9 heteroatoms. The quantitative estimate of drug-likeness (QED) is 0.525. The molecular weight excluding hydrogens is 468 g/mol. The Balaban J connectivity index is 1.42. The van der Waals surface area contributed by atoms with Crippen molar-refractivity contribution in [2.45, 2.75) is 24.7 Å². The van der Waals surface area contributed by atoms with Gasteiger partial charge in [-0.25, -0.2) is 0 Å². The first kappa shape index (κ1) is 24.7. The van der Waals surface area contributed by atoms with E-state index in [1.807, 2.05) is 30.3 Å². The molecule has 184 valence electrons. The van der Waals surface area contributed by atoms with Crippen LogP contribution in [0.5, 0.6) is 17.2 Å². The number of amides is 3. The molecule has 2 aromatic rings. The summed E-state index contributed by atoms with van der Waals surface area (Å²) in [6.45, 7) is 0.302. The fraction of sp³-hybridized carbons (Fsp3) is 0.346. The van der Waals surface area contributed by atoms with Crippen LogP contribution < -0.4 is 19.5 Å². The molecule has 1 saturated heterocycles. The highest BCUT2D eigenvalue weighted by Gasteiger charge is 2.45. The number of nitrogens with zero attached hydrogens (tertiary/aromatic N) is 1. The zero-order chi connectivity index (χ0) is 25.0. The second-order valence-corrected chi connectivity index (χ2v) is 9.34. The van der Waals surface area contributed by atoms with Crippen LogP contribution in [-0.2, 0) is 15.0 Å². The standard InChI is InChI=1S/C26H28N2O6S/c1-32-19-14-17(15-20(33-2)22(19)34-3)16-21-23(29)28(25(31)35-21)13-12-27-24(30)26(10-7-11-26)18-8-5-4-6-9-18/h4-6,8-9,14-16H,7,10-13H2,1-3H3,(H,27,30)/b21-16-. The molecule has 0 bridgehead atoms. The lowest BCUT2D eigenvalue weighted by Crippen LogP contribution is -2.50. The van der Waals surface area contributed by atoms with Gasteiger partial charge in [0, 0.05) is 13.1 Å². The number of imide groups is 1. The average Bonchev–Trinajstić information content (AvgIpc) is 3.10. The third kappa shape index (κ3) is 4.73. The van der Waals surface area contributed by atoms with Crippen molar-refractivity contribution in [3.63, 3.8) is 0 Å². The summed E-state index contributed by atoms with van der Waals surface area (Å²) in [5.41, 5.74) is 1.11. The monoisotopic (exact) mass is 496 g/mol. The molecule has 2 aromatic carbocycles. The minimum absolute atomic E-state index is 0.0603. The van der Waals surface area contributed by atoms with Crippen LogP contribution in [0, 0.1) is 0 Å². The molecule has 0 atom stereocenters. The van der Waals surface area contributed by atoms with Gasteiger partial charge in [-0.1, -0.05) is 36.8 Å². The predicted molar refractivity (Wildman–Crippen MR) is 134 cm³/mol. The molecular formula is C26H28N2O6S. The van der Waals surface area contributed by atoms with Crippen molar-refractivity contribution < 1.29 is 28.6 Å². The summed E-state index contributed by atoms with van der Waals surface area (Å²) in [5, 5.41) is 2.57. The minimum atomic E-state index is -0.521. The molecule has 0 spiro atoms. The number of thioether (sulfide) groups is 1. The Labute approximate surface area is 208 Å². The highest BCUT2D eigenvalue weighted by molar-refractivity contribution is 8.18. The van der Waals surface area contributed by atoms with E-state index in [4.69, 9.17) is 14.2 Å². The molecule has 35 heavy (non-hydrogen) atoms. The Kier molecular flexibility index (Phi) is 7.35. The van der Waals surface area contributed by atoms with E-state index in [0.717, 1.165) is 41.5 Å². The Morgan fingerprint density at radius 3 is 2.26 bits per heavy atom. The van der Waals surface area contributed by atoms with Crippen LogP contribution in [0.4, 0.5) is 4.79 Å². The third-order valence-electron chi connectivity index (χ3n) is 6.45. The second kappa shape index (κ2) is 10.4. The lowest BCUT2D eigenvalue weighted by Gasteiger charge is -2.40. The number of methoxy groups -OCH3 is 3. The fourth-order valence-electron chi connectivity index (χ4n) is 4.41. The number of carbonyl (C=O) groups is 3. The van der Waals surface area contributed by atoms with Crippen molar-refractivity contribution in [1.82, 2.24) is 10.2 Å². The van der Waals surface area contributed by atoms with Gasteiger partial charge < -0.3 is 19.5 Å². The lowest BCUT2D eigenvalue weighted by atomic mass is 9.64. The molecule has 3 amide bonds. The van der Waals surface area contributed by atoms with Gasteiger partial charge in [0.1, 0.15) is 0 Å². The lowest BCUT2D eigenvalue weighted by molar-refractivity contribution is -0.130. The zero-order valence-electron chi connectivity index (χ0n) is 20.0. The highest BCUT2D eigenvalue weighted by atomic mass is 32.2. The van der Waals surface area contributed by atoms with Gasteiger partial charge in [0.25, 0.3) is 11.1 Å². The van der Waals surface area contributed by atoms with Crippen molar-refractivity contribution in [1.29, 1.82) is 0 Å². The van der Waals surface area contributed by atoms with Gasteiger partial charge in [-0.2, -0.15) is 0 Å². The maximum Gasteiger partial charge on any atom is 0.293 e. The van der Waals surface area contributed by atoms with Gasteiger partial charge in [-0.15, -0.1) is 0 Å². The first-order valence-electron chi connectivity index (χ1n) is 11.3. The van der Waals surface area contributed by atoms with E-state index < -0.39 is 11.3 Å². The molecule has 1 aliphatic carbocycles. The number of hydrogen-bond donors (Lipinski definition) is 1. The largest absolute Gasteiger partial charge is 0.493 e. The Bertz CT molecular complexity index is 1130. The van der Waals surface area contributed by atoms with Crippen LogP contribution in [0.25, 0.3) is 6.08 Å². The van der Waals surface area contributed by atoms with E-state index >= 15 is 0 Å². The van der Waals surface area contributed by atoms with E-state index in [0.29, 0.717) is 22.8 Å². The summed E-state index contributed by atoms with van der Waals surface area (Å²) in [5.74, 6) is 0.877. The average molecular weight is 497 g/mol. The molecule has 1 aliphatic heterocycles. The zero-order valence-corrected chi connectivity index (χ0v) is 20.8. The first-order valence-corrected chi connectivity index (χ1v) is 12.1. The van der Waals surface area contributed by atoms with Gasteiger partial charge in [0.15, 0.2) is 11.5 Å². The van der Waals surface area contributed by atoms with Gasteiger partial charge >= 0.3 is 0 Å². The molecule has 2 aliphatic rings. The number of benzene rings is 2. The molecule has 1 N–H and O–H groups in total. The molecule has 1 heterocycles. The van der Waals surface area contributed by atoms with Crippen molar-refractivity contribution in [3.8, 4) is 17.2 Å². The van der Waals surface area contributed by atoms with Gasteiger partial charge in [0.2, 0.25) is 11.7 Å². The van der Waals surface area contributed by atoms with Gasteiger partial charge in [0.05, 0.1) is 31.6 Å². The van der Waals surface area contributed by atoms with Crippen LogP contribution in [0.15, 0.2) is 47.4 Å². The van der Waals surface area contributed by atoms with Crippen LogP contribution >= 0.6 is 11.8 Å². The minimum Gasteiger partial charge on any atom is -0.493 e. The number of nitrogens with one attached hydrogen (secondary N) is 1. The summed E-state index contributed by atoms with van der Waals surface area (Å²) in [4.78, 5) is 39.9. The molecule has 0 aromatic heterocycles. The number of rotatable bonds is 9. The Hall–Kier alpha value is -3.46. The van der Waals surface area contributed by atoms with E-state index in [1.165, 1.54) is 21.3 Å². The summed E-state index contributed by atoms with van der Waals surface area (Å²) in [6, 6.07) is 13.2. The van der Waals surface area contributed by atoms with Crippen molar-refractivity contribution >= 4 is 34.9 Å². The number of carbonyl (C=O) groups excluding carboxylic acids is 3. The SMILES string of the molecule is COc1cc(/C=C2\SC(=O)N(CCNC(=O)C3(c4ccccc4)CCC3)C2=O)cc(OC)c1OC. The van der Waals surface area contributed by atoms with Crippen molar-refractivity contribution in [2.75, 3.05) is 34.4 Å². The molecule has 1 saturated carbocycles. The summed E-state index contributed by atoms with van der Waals surface area (Å²) in [7, 11) is 4.53. The molecule has 2 fully saturated rings. The summed E-state index contributed by atoms with van der Waals surface area (Å²) < 4.78 is 16.0. The Morgan fingerprint density at radius 1 is 1.06 bits per heavy atom. The van der Waals surface area contributed by atoms with E-state index in [2.05, 4.69) is 5.32 Å². The van der Waals surface area contributed by atoms with Gasteiger partial charge in [-0.05, 0) is 53.9 Å². The maximum atomic E-state index is 13.0. The summed E-state index contributed by atoms with van der Waals surface area (Å²) >= 11 is 0.863. The number of hydrogen-bond acceptors (Lipinski definition) is 7. The topological polar surface area (TPSA) is 94.2 Å². The number of ether oxygens (including phenoxy) is 3. The van der Waals surface area contributed by atoms with Crippen LogP contribution in [0.2, 0.25) is 0 Å². The van der Waals surface area contributed by atoms with Gasteiger partial charge in [-0.3, -0.25) is 19.3 Å². The molecule has 4 rings (SSSR count). The van der Waals surface area contributed by atoms with Crippen molar-refractivity contribution in [2.24, 2.45) is 0 Å². The fourth-order valence-corrected chi connectivity index (χ4v) is 5.28. The van der Waals surface area contributed by atoms with Crippen LogP contribution in [0.1, 0.15) is 30.4 Å². The first-order chi connectivity index (χ1) is 16.9. The maximum absolute atomic E-state index is 13.0. The van der Waals surface area contributed by atoms with Crippen molar-refractivity contribution in [3.05, 3.63) is 58.5 Å². The van der Waals surface area contributed by atoms with Crippen LogP contribution in [-0.4, -0.2) is 56.4 Å². The highest BCUT2D eigenvalue weighted by Crippen LogP contribution is 2.44.